The molecule has 1 aromatic carbocycles. The molecule has 0 radical (unpaired) electrons. The van der Waals surface area contributed by atoms with Crippen molar-refractivity contribution >= 4 is 29.1 Å². The molecular weight excluding hydrogens is 280 g/mol. The first-order valence-electron chi connectivity index (χ1n) is 5.80. The number of nitrogens with one attached hydrogen (secondary N) is 2. The first kappa shape index (κ1) is 14.1. The number of H-pyrrole nitrogens is 1. The van der Waals surface area contributed by atoms with Crippen molar-refractivity contribution in [1.82, 2.24) is 15.1 Å². The normalized spacial score (nSPS) is 10.2. The summed E-state index contributed by atoms with van der Waals surface area (Å²) in [4.78, 5) is 25.5. The van der Waals surface area contributed by atoms with Gasteiger partial charge in [0.05, 0.1) is 23.0 Å². The summed E-state index contributed by atoms with van der Waals surface area (Å²) in [6, 6.07) is 4.72. The Bertz CT molecular complexity index is 638. The van der Waals surface area contributed by atoms with Crippen LogP contribution in [0.15, 0.2) is 30.6 Å². The van der Waals surface area contributed by atoms with Crippen molar-refractivity contribution in [2.75, 3.05) is 19.4 Å². The highest BCUT2D eigenvalue weighted by Crippen LogP contribution is 2.22. The van der Waals surface area contributed by atoms with E-state index in [1.165, 1.54) is 23.4 Å². The molecule has 0 fully saturated rings. The van der Waals surface area contributed by atoms with Gasteiger partial charge in [0.1, 0.15) is 0 Å². The Kier molecular flexibility index (Phi) is 4.05. The second-order valence-corrected chi connectivity index (χ2v) is 4.77. The van der Waals surface area contributed by atoms with E-state index in [2.05, 4.69) is 15.5 Å². The number of nitrogens with zero attached hydrogens (tertiary/aromatic N) is 2. The minimum atomic E-state index is -0.367. The van der Waals surface area contributed by atoms with Crippen molar-refractivity contribution in [3.05, 3.63) is 46.7 Å². The van der Waals surface area contributed by atoms with E-state index >= 15 is 0 Å². The average molecular weight is 293 g/mol. The lowest BCUT2D eigenvalue weighted by Crippen LogP contribution is -2.24. The maximum atomic E-state index is 12.1. The predicted molar refractivity (Wildman–Crippen MR) is 76.0 cm³/mol. The number of aromatic nitrogens is 2. The fourth-order valence-electron chi connectivity index (χ4n) is 1.62. The van der Waals surface area contributed by atoms with Gasteiger partial charge < -0.3 is 10.2 Å². The monoisotopic (exact) mass is 292 g/mol. The average Bonchev–Trinajstić information content (AvgIpc) is 2.92. The van der Waals surface area contributed by atoms with Crippen LogP contribution in [0.5, 0.6) is 0 Å². The van der Waals surface area contributed by atoms with Gasteiger partial charge in [-0.25, -0.2) is 0 Å². The van der Waals surface area contributed by atoms with Crippen LogP contribution in [0.4, 0.5) is 5.69 Å². The van der Waals surface area contributed by atoms with Gasteiger partial charge in [0.15, 0.2) is 0 Å². The molecule has 2 aromatic rings. The lowest BCUT2D eigenvalue weighted by molar-refractivity contribution is 0.0828. The number of hydrogen-bond acceptors (Lipinski definition) is 3. The molecule has 20 heavy (non-hydrogen) atoms. The summed E-state index contributed by atoms with van der Waals surface area (Å²) in [6.45, 7) is 0. The summed E-state index contributed by atoms with van der Waals surface area (Å²) in [7, 11) is 3.28. The highest BCUT2D eigenvalue weighted by Gasteiger charge is 2.16. The van der Waals surface area contributed by atoms with Crippen LogP contribution in [0.1, 0.15) is 20.7 Å². The molecule has 1 heterocycles. The number of rotatable bonds is 3. The van der Waals surface area contributed by atoms with E-state index in [0.29, 0.717) is 21.8 Å². The van der Waals surface area contributed by atoms with Crippen LogP contribution in [0.3, 0.4) is 0 Å². The van der Waals surface area contributed by atoms with Gasteiger partial charge in [-0.2, -0.15) is 5.10 Å². The second-order valence-electron chi connectivity index (χ2n) is 4.33. The molecule has 6 nitrogen and oxygen atoms in total. The largest absolute Gasteiger partial charge is 0.345 e. The quantitative estimate of drug-likeness (QED) is 0.908. The van der Waals surface area contributed by atoms with Crippen LogP contribution in [0.2, 0.25) is 5.02 Å². The third-order valence-corrected chi connectivity index (χ3v) is 2.86. The number of halogens is 1. The van der Waals surface area contributed by atoms with Gasteiger partial charge in [-0.15, -0.1) is 0 Å². The van der Waals surface area contributed by atoms with E-state index in [4.69, 9.17) is 11.6 Å². The number of anilines is 1. The van der Waals surface area contributed by atoms with E-state index in [-0.39, 0.29) is 11.8 Å². The van der Waals surface area contributed by atoms with Crippen LogP contribution in [0.25, 0.3) is 0 Å². The summed E-state index contributed by atoms with van der Waals surface area (Å²) in [5.41, 5.74) is 1.10. The maximum absolute atomic E-state index is 12.1. The van der Waals surface area contributed by atoms with E-state index in [1.807, 2.05) is 0 Å². The molecule has 0 aliphatic rings. The van der Waals surface area contributed by atoms with Gasteiger partial charge in [-0.1, -0.05) is 11.6 Å². The molecule has 104 valence electrons. The van der Waals surface area contributed by atoms with Gasteiger partial charge in [0, 0.05) is 25.3 Å². The predicted octanol–water partition coefficient (Wildman–Crippen LogP) is 2.02. The lowest BCUT2D eigenvalue weighted by Gasteiger charge is -2.14. The number of hydrogen-bond donors (Lipinski definition) is 2. The van der Waals surface area contributed by atoms with E-state index in [1.54, 1.807) is 26.2 Å². The number of aromatic amines is 1. The Hall–Kier alpha value is -2.34. The standard InChI is InChI=1S/C13H13ClN4O2/c1-18(2)13(20)10-4-3-9(14)5-11(10)17-12(19)8-6-15-16-7-8/h3-7H,1-2H3,(H,15,16)(H,17,19). The van der Waals surface area contributed by atoms with Crippen LogP contribution in [-0.4, -0.2) is 41.0 Å². The van der Waals surface area contributed by atoms with Crippen molar-refractivity contribution in [3.8, 4) is 0 Å². The summed E-state index contributed by atoms with van der Waals surface area (Å²) in [6.07, 6.45) is 2.86. The van der Waals surface area contributed by atoms with Crippen molar-refractivity contribution in [2.24, 2.45) is 0 Å². The highest BCUT2D eigenvalue weighted by atomic mass is 35.5. The topological polar surface area (TPSA) is 78.1 Å². The van der Waals surface area contributed by atoms with Crippen molar-refractivity contribution < 1.29 is 9.59 Å². The first-order chi connectivity index (χ1) is 9.49. The number of carbonyl (C=O) groups is 2. The van der Waals surface area contributed by atoms with E-state index in [0.717, 1.165) is 0 Å². The molecular formula is C13H13ClN4O2. The van der Waals surface area contributed by atoms with Gasteiger partial charge in [0.2, 0.25) is 0 Å². The molecule has 2 amide bonds. The first-order valence-corrected chi connectivity index (χ1v) is 6.18. The van der Waals surface area contributed by atoms with Gasteiger partial charge >= 0.3 is 0 Å². The molecule has 0 spiro atoms. The Morgan fingerprint density at radius 3 is 2.70 bits per heavy atom. The summed E-state index contributed by atoms with van der Waals surface area (Å²) < 4.78 is 0. The molecule has 0 saturated heterocycles. The highest BCUT2D eigenvalue weighted by molar-refractivity contribution is 6.31. The Morgan fingerprint density at radius 2 is 2.10 bits per heavy atom. The van der Waals surface area contributed by atoms with Crippen molar-refractivity contribution in [3.63, 3.8) is 0 Å². The molecule has 2 N–H and O–H groups in total. The summed E-state index contributed by atoms with van der Waals surface area (Å²) in [5.74, 6) is -0.585. The zero-order chi connectivity index (χ0) is 14.7. The minimum Gasteiger partial charge on any atom is -0.345 e. The smallest absolute Gasteiger partial charge is 0.258 e. The van der Waals surface area contributed by atoms with Gasteiger partial charge in [-0.05, 0) is 18.2 Å². The summed E-state index contributed by atoms with van der Waals surface area (Å²) >= 11 is 5.91. The minimum absolute atomic E-state index is 0.218. The fourth-order valence-corrected chi connectivity index (χ4v) is 1.79. The third kappa shape index (κ3) is 2.97. The molecule has 0 bridgehead atoms. The molecule has 0 aliphatic carbocycles. The zero-order valence-electron chi connectivity index (χ0n) is 11.0. The number of carbonyl (C=O) groups excluding carboxylic acids is 2. The van der Waals surface area contributed by atoms with Crippen molar-refractivity contribution in [2.45, 2.75) is 0 Å². The number of benzene rings is 1. The second kappa shape index (κ2) is 5.75. The number of amides is 2. The molecule has 0 unspecified atom stereocenters. The van der Waals surface area contributed by atoms with E-state index < -0.39 is 0 Å². The Morgan fingerprint density at radius 1 is 1.35 bits per heavy atom. The van der Waals surface area contributed by atoms with Gasteiger partial charge in [-0.3, -0.25) is 14.7 Å². The Labute approximate surface area is 120 Å². The molecule has 7 heteroatoms. The fraction of sp³-hybridized carbons (Fsp3) is 0.154. The zero-order valence-corrected chi connectivity index (χ0v) is 11.7. The van der Waals surface area contributed by atoms with Crippen LogP contribution >= 0.6 is 11.6 Å². The molecule has 0 atom stereocenters. The molecule has 0 aliphatic heterocycles. The van der Waals surface area contributed by atoms with Crippen LogP contribution in [-0.2, 0) is 0 Å². The lowest BCUT2D eigenvalue weighted by atomic mass is 10.1. The molecule has 0 saturated carbocycles. The molecule has 2 rings (SSSR count). The summed E-state index contributed by atoms with van der Waals surface area (Å²) in [5, 5.41) is 9.34. The van der Waals surface area contributed by atoms with Crippen molar-refractivity contribution in [1.29, 1.82) is 0 Å². The van der Waals surface area contributed by atoms with Crippen LogP contribution < -0.4 is 5.32 Å². The third-order valence-electron chi connectivity index (χ3n) is 2.63. The maximum Gasteiger partial charge on any atom is 0.258 e. The van der Waals surface area contributed by atoms with Crippen LogP contribution in [0, 0.1) is 0 Å². The SMILES string of the molecule is CN(C)C(=O)c1ccc(Cl)cc1NC(=O)c1cn[nH]c1. The van der Waals surface area contributed by atoms with E-state index in [9.17, 15) is 9.59 Å². The molecule has 1 aromatic heterocycles. The van der Waals surface area contributed by atoms with Gasteiger partial charge in [0.25, 0.3) is 11.8 Å². The Balaban J connectivity index is 2.33.